The van der Waals surface area contributed by atoms with Crippen molar-refractivity contribution < 1.29 is 8.95 Å². The van der Waals surface area contributed by atoms with Crippen LogP contribution in [-0.2, 0) is 37.3 Å². The van der Waals surface area contributed by atoms with Crippen LogP contribution in [0.2, 0.25) is 0 Å². The maximum atomic E-state index is 14.9. The first-order chi connectivity index (χ1) is 25.6. The first-order valence-electron chi connectivity index (χ1n) is 19.6. The summed E-state index contributed by atoms with van der Waals surface area (Å²) >= 11 is 0. The van der Waals surface area contributed by atoms with Gasteiger partial charge in [-0.3, -0.25) is 4.90 Å². The summed E-state index contributed by atoms with van der Waals surface area (Å²) in [7, 11) is -1.49. The zero-order valence-corrected chi connectivity index (χ0v) is 35.9. The van der Waals surface area contributed by atoms with E-state index in [1.807, 2.05) is 12.3 Å². The van der Waals surface area contributed by atoms with E-state index in [1.54, 1.807) is 0 Å². The van der Waals surface area contributed by atoms with Crippen molar-refractivity contribution in [3.63, 3.8) is 0 Å². The van der Waals surface area contributed by atoms with Gasteiger partial charge in [-0.05, 0) is 135 Å². The van der Waals surface area contributed by atoms with E-state index in [2.05, 4.69) is 169 Å². The highest BCUT2D eigenvalue weighted by Crippen LogP contribution is 2.63. The first-order valence-corrected chi connectivity index (χ1v) is 20.7. The Morgan fingerprint density at radius 1 is 0.727 bits per heavy atom. The lowest BCUT2D eigenvalue weighted by Crippen LogP contribution is -2.51. The zero-order chi connectivity index (χ0) is 39.8. The van der Waals surface area contributed by atoms with Crippen molar-refractivity contribution in [3.05, 3.63) is 140 Å². The van der Waals surface area contributed by atoms with Gasteiger partial charge in [0.1, 0.15) is 17.0 Å². The Labute approximate surface area is 330 Å². The third-order valence-electron chi connectivity index (χ3n) is 13.3. The Hall–Kier alpha value is -4.55. The second-order valence-electron chi connectivity index (χ2n) is 18.8. The van der Waals surface area contributed by atoms with Crippen LogP contribution in [0.25, 0.3) is 0 Å². The number of nitrogens with zero attached hydrogens (tertiary/aromatic N) is 3. The number of anilines is 3. The topological polar surface area (TPSA) is 54.8 Å². The average molecular weight is 750 g/mol. The molecule has 3 atom stereocenters. The van der Waals surface area contributed by atoms with Gasteiger partial charge >= 0.3 is 0 Å². The van der Waals surface area contributed by atoms with Crippen molar-refractivity contribution in [2.24, 2.45) is 4.99 Å². The molecule has 1 aromatic heterocycles. The van der Waals surface area contributed by atoms with Crippen molar-refractivity contribution in [2.45, 2.75) is 134 Å². The molecule has 1 aliphatic carbocycles. The molecule has 0 spiro atoms. The summed E-state index contributed by atoms with van der Waals surface area (Å²) in [5.41, 5.74) is 13.1. The third-order valence-corrected chi connectivity index (χ3v) is 14.8. The minimum atomic E-state index is -1.49. The molecule has 55 heavy (non-hydrogen) atoms. The Morgan fingerprint density at radius 3 is 2.15 bits per heavy atom. The van der Waals surface area contributed by atoms with E-state index in [-0.39, 0.29) is 16.2 Å². The number of hydrogen-bond acceptors (Lipinski definition) is 5. The van der Waals surface area contributed by atoms with Gasteiger partial charge in [-0.2, -0.15) is 0 Å². The summed E-state index contributed by atoms with van der Waals surface area (Å²) in [4.78, 5) is 14.2. The molecule has 0 saturated heterocycles. The molecule has 0 amide bonds. The van der Waals surface area contributed by atoms with Crippen LogP contribution in [-0.4, -0.2) is 20.7 Å². The monoisotopic (exact) mass is 749 g/mol. The highest BCUT2D eigenvalue weighted by molar-refractivity contribution is 7.85. The molecule has 6 heteroatoms. The number of pyridine rings is 1. The van der Waals surface area contributed by atoms with E-state index in [1.165, 1.54) is 33.4 Å². The lowest BCUT2D eigenvalue weighted by Gasteiger charge is -2.42. The number of ether oxygens (including phenoxy) is 1. The largest absolute Gasteiger partial charge is 0.467 e. The summed E-state index contributed by atoms with van der Waals surface area (Å²) in [5.74, 6) is 1.52. The summed E-state index contributed by atoms with van der Waals surface area (Å²) in [6.45, 7) is 31.0. The molecule has 0 saturated carbocycles. The first kappa shape index (κ1) is 37.4. The second kappa shape index (κ2) is 12.0. The van der Waals surface area contributed by atoms with E-state index in [9.17, 15) is 4.21 Å². The number of aliphatic imine (C=N–C) groups is 1. The normalized spacial score (nSPS) is 22.3. The van der Waals surface area contributed by atoms with Crippen LogP contribution in [0.4, 0.5) is 17.2 Å². The maximum Gasteiger partial charge on any atom is 0.218 e. The molecule has 0 fully saturated rings. The predicted molar refractivity (Wildman–Crippen MR) is 227 cm³/mol. The van der Waals surface area contributed by atoms with Crippen molar-refractivity contribution in [2.75, 3.05) is 4.90 Å². The lowest BCUT2D eigenvalue weighted by atomic mass is 9.70. The SMILES string of the molecule is Cc1cc(N2c3ccc(C(C)(C)C)cc3C(C)(C)c3cccnc32)cc(S(=O)c2cc(C3=N[C@]4(C)c5cc(C)cc(C)c5C(C)(C)[C@]4(C)O3)c(C)cc2C)c1. The summed E-state index contributed by atoms with van der Waals surface area (Å²) in [6, 6.07) is 26.1. The minimum Gasteiger partial charge on any atom is -0.467 e. The molecule has 4 aromatic carbocycles. The molecular weight excluding hydrogens is 695 g/mol. The van der Waals surface area contributed by atoms with E-state index in [0.717, 1.165) is 54.8 Å². The van der Waals surface area contributed by atoms with Gasteiger partial charge in [0.15, 0.2) is 0 Å². The molecule has 5 aromatic rings. The molecule has 0 radical (unpaired) electrons. The number of aromatic nitrogens is 1. The summed E-state index contributed by atoms with van der Waals surface area (Å²) in [6.07, 6.45) is 1.87. The second-order valence-corrected chi connectivity index (χ2v) is 20.2. The van der Waals surface area contributed by atoms with E-state index < -0.39 is 21.9 Å². The summed E-state index contributed by atoms with van der Waals surface area (Å²) < 4.78 is 22.0. The van der Waals surface area contributed by atoms with Gasteiger partial charge in [0.05, 0.1) is 16.5 Å². The molecule has 2 aliphatic heterocycles. The molecular formula is C49H55N3O2S. The Bertz CT molecular complexity index is 2520. The van der Waals surface area contributed by atoms with Crippen LogP contribution in [0.1, 0.15) is 124 Å². The predicted octanol–water partition coefficient (Wildman–Crippen LogP) is 11.9. The number of hydrogen-bond donors (Lipinski definition) is 0. The molecule has 284 valence electrons. The van der Waals surface area contributed by atoms with E-state index in [0.29, 0.717) is 5.90 Å². The highest BCUT2D eigenvalue weighted by atomic mass is 32.2. The van der Waals surface area contributed by atoms with Gasteiger partial charge in [0, 0.05) is 43.6 Å². The standard InChI is InChI=1S/C49H55N3O2S/c1-28-20-32(5)42-39(23-28)48(13)49(14,47(42,11)12)54-44(51-48)36-27-41(31(4)24-30(36)3)55(53)35-22-29(2)21-34(26-35)52-40-18-17-33(45(6,7)8)25-38(40)46(9,10)37-16-15-19-50-43(37)52/h15-27H,1-14H3/t48-,49+,55?/m1/s1. The van der Waals surface area contributed by atoms with Crippen LogP contribution < -0.4 is 4.90 Å². The van der Waals surface area contributed by atoms with Gasteiger partial charge in [-0.1, -0.05) is 90.4 Å². The van der Waals surface area contributed by atoms with Crippen LogP contribution in [0.5, 0.6) is 0 Å². The van der Waals surface area contributed by atoms with E-state index >= 15 is 0 Å². The van der Waals surface area contributed by atoms with E-state index in [4.69, 9.17) is 14.7 Å². The van der Waals surface area contributed by atoms with Crippen LogP contribution in [0.3, 0.4) is 0 Å². The average Bonchev–Trinajstić information content (AvgIpc) is 3.44. The van der Waals surface area contributed by atoms with Gasteiger partial charge in [0.25, 0.3) is 0 Å². The van der Waals surface area contributed by atoms with Crippen molar-refractivity contribution in [1.82, 2.24) is 4.98 Å². The van der Waals surface area contributed by atoms with Crippen molar-refractivity contribution in [1.29, 1.82) is 0 Å². The quantitative estimate of drug-likeness (QED) is 0.184. The van der Waals surface area contributed by atoms with Crippen molar-refractivity contribution in [3.8, 4) is 0 Å². The van der Waals surface area contributed by atoms with Crippen LogP contribution in [0.15, 0.2) is 93.8 Å². The van der Waals surface area contributed by atoms with Gasteiger partial charge < -0.3 is 4.74 Å². The highest BCUT2D eigenvalue weighted by Gasteiger charge is 2.68. The molecule has 0 bridgehead atoms. The summed E-state index contributed by atoms with van der Waals surface area (Å²) in [5, 5.41) is 0. The van der Waals surface area contributed by atoms with Gasteiger partial charge in [-0.25, -0.2) is 14.2 Å². The number of benzene rings is 4. The maximum absolute atomic E-state index is 14.9. The van der Waals surface area contributed by atoms with Gasteiger partial charge in [-0.15, -0.1) is 0 Å². The van der Waals surface area contributed by atoms with Crippen molar-refractivity contribution >= 4 is 33.9 Å². The molecule has 8 rings (SSSR count). The van der Waals surface area contributed by atoms with Crippen LogP contribution >= 0.6 is 0 Å². The lowest BCUT2D eigenvalue weighted by molar-refractivity contribution is -0.0137. The Kier molecular flexibility index (Phi) is 8.14. The number of rotatable bonds is 4. The fourth-order valence-corrected chi connectivity index (χ4v) is 11.2. The smallest absolute Gasteiger partial charge is 0.218 e. The Morgan fingerprint density at radius 2 is 1.44 bits per heavy atom. The molecule has 3 heterocycles. The molecule has 1 unspecified atom stereocenters. The fraction of sp³-hybridized carbons (Fsp3) is 0.388. The minimum absolute atomic E-state index is 0.00536. The molecule has 0 N–H and O–H groups in total. The Balaban J connectivity index is 1.23. The number of fused-ring (bicyclic) bond motifs is 5. The molecule has 3 aliphatic rings. The van der Waals surface area contributed by atoms with Crippen LogP contribution in [0, 0.1) is 34.6 Å². The fourth-order valence-electron chi connectivity index (χ4n) is 9.85. The third kappa shape index (κ3) is 5.26. The molecule has 5 nitrogen and oxygen atoms in total. The van der Waals surface area contributed by atoms with Gasteiger partial charge in [0.2, 0.25) is 5.90 Å². The number of aryl methyl sites for hydroxylation is 5. The zero-order valence-electron chi connectivity index (χ0n) is 35.1.